The maximum atomic E-state index is 10.9. The predicted octanol–water partition coefficient (Wildman–Crippen LogP) is 3.41. The first-order chi connectivity index (χ1) is 9.02. The average Bonchev–Trinajstić information content (AvgIpc) is 2.37. The van der Waals surface area contributed by atoms with E-state index in [0.29, 0.717) is 18.1 Å². The van der Waals surface area contributed by atoms with E-state index in [1.165, 1.54) is 12.1 Å². The summed E-state index contributed by atoms with van der Waals surface area (Å²) >= 11 is 11.8. The van der Waals surface area contributed by atoms with Gasteiger partial charge in [0, 0.05) is 24.1 Å². The van der Waals surface area contributed by atoms with Crippen molar-refractivity contribution in [3.63, 3.8) is 0 Å². The van der Waals surface area contributed by atoms with Gasteiger partial charge in [-0.05, 0) is 19.1 Å². The highest BCUT2D eigenvalue weighted by Crippen LogP contribution is 2.37. The Morgan fingerprint density at radius 1 is 1.53 bits per heavy atom. The van der Waals surface area contributed by atoms with Crippen molar-refractivity contribution in [2.24, 2.45) is 0 Å². The summed E-state index contributed by atoms with van der Waals surface area (Å²) in [6.45, 7) is 2.39. The molecule has 0 saturated heterocycles. The first-order valence-corrected chi connectivity index (χ1v) is 6.70. The van der Waals surface area contributed by atoms with Gasteiger partial charge in [-0.1, -0.05) is 11.6 Å². The number of nitrogens with zero attached hydrogens (tertiary/aromatic N) is 1. The first-order valence-electron chi connectivity index (χ1n) is 5.89. The molecule has 2 rings (SSSR count). The average molecular weight is 306 g/mol. The Morgan fingerprint density at radius 3 is 2.84 bits per heavy atom. The van der Waals surface area contributed by atoms with Gasteiger partial charge in [0.05, 0.1) is 10.3 Å². The molecule has 0 aliphatic heterocycles. The first kappa shape index (κ1) is 14.4. The lowest BCUT2D eigenvalue weighted by Crippen LogP contribution is -2.52. The van der Waals surface area contributed by atoms with E-state index < -0.39 is 4.92 Å². The number of ether oxygens (including phenoxy) is 2. The summed E-state index contributed by atoms with van der Waals surface area (Å²) < 4.78 is 11.1. The van der Waals surface area contributed by atoms with E-state index in [9.17, 15) is 10.1 Å². The Kier molecular flexibility index (Phi) is 4.50. The van der Waals surface area contributed by atoms with Crippen molar-refractivity contribution >= 4 is 28.9 Å². The van der Waals surface area contributed by atoms with Gasteiger partial charge in [-0.25, -0.2) is 0 Å². The van der Waals surface area contributed by atoms with Crippen molar-refractivity contribution in [2.45, 2.75) is 30.9 Å². The van der Waals surface area contributed by atoms with Gasteiger partial charge in [0.25, 0.3) is 0 Å². The fourth-order valence-corrected chi connectivity index (χ4v) is 2.52. The van der Waals surface area contributed by atoms with Crippen molar-refractivity contribution in [1.82, 2.24) is 0 Å². The molecule has 0 spiro atoms. The summed E-state index contributed by atoms with van der Waals surface area (Å²) in [7, 11) is 0. The number of alkyl halides is 1. The van der Waals surface area contributed by atoms with Gasteiger partial charge in [-0.15, -0.1) is 11.6 Å². The van der Waals surface area contributed by atoms with Gasteiger partial charge < -0.3 is 9.47 Å². The second kappa shape index (κ2) is 5.94. The summed E-state index contributed by atoms with van der Waals surface area (Å²) in [5, 5.41) is 11.1. The van der Waals surface area contributed by atoms with E-state index >= 15 is 0 Å². The molecule has 5 nitrogen and oxygen atoms in total. The van der Waals surface area contributed by atoms with Crippen LogP contribution in [0.25, 0.3) is 0 Å². The van der Waals surface area contributed by atoms with E-state index in [1.807, 2.05) is 6.92 Å². The van der Waals surface area contributed by atoms with Crippen LogP contribution < -0.4 is 4.74 Å². The van der Waals surface area contributed by atoms with E-state index in [1.54, 1.807) is 6.07 Å². The Bertz CT molecular complexity index is 483. The topological polar surface area (TPSA) is 61.6 Å². The lowest BCUT2D eigenvalue weighted by atomic mass is 9.91. The molecule has 19 heavy (non-hydrogen) atoms. The fourth-order valence-electron chi connectivity index (χ4n) is 1.94. The molecule has 3 unspecified atom stereocenters. The van der Waals surface area contributed by atoms with Gasteiger partial charge in [0.15, 0.2) is 5.75 Å². The van der Waals surface area contributed by atoms with Gasteiger partial charge in [0.2, 0.25) is 0 Å². The Hall–Kier alpha value is -1.04. The molecule has 104 valence electrons. The van der Waals surface area contributed by atoms with Crippen LogP contribution in [0.4, 0.5) is 5.69 Å². The van der Waals surface area contributed by atoms with E-state index in [2.05, 4.69) is 0 Å². The molecule has 1 saturated carbocycles. The highest BCUT2D eigenvalue weighted by Gasteiger charge is 2.43. The third-order valence-electron chi connectivity index (χ3n) is 2.94. The van der Waals surface area contributed by atoms with Crippen molar-refractivity contribution in [3.05, 3.63) is 33.3 Å². The molecule has 0 bridgehead atoms. The second-order valence-corrected chi connectivity index (χ2v) is 5.19. The summed E-state index contributed by atoms with van der Waals surface area (Å²) in [6, 6.07) is 4.31. The molecule has 7 heteroatoms. The fraction of sp³-hybridized carbons (Fsp3) is 0.500. The van der Waals surface area contributed by atoms with Crippen LogP contribution in [0.5, 0.6) is 5.75 Å². The minimum Gasteiger partial charge on any atom is -0.481 e. The van der Waals surface area contributed by atoms with Gasteiger partial charge >= 0.3 is 5.69 Å². The van der Waals surface area contributed by atoms with Gasteiger partial charge in [-0.2, -0.15) is 0 Å². The third kappa shape index (κ3) is 3.11. The maximum Gasteiger partial charge on any atom is 0.312 e. The minimum atomic E-state index is -0.520. The van der Waals surface area contributed by atoms with Crippen molar-refractivity contribution in [1.29, 1.82) is 0 Å². The van der Waals surface area contributed by atoms with Crippen LogP contribution in [0.3, 0.4) is 0 Å². The second-order valence-electron chi connectivity index (χ2n) is 4.20. The zero-order valence-corrected chi connectivity index (χ0v) is 11.7. The molecule has 1 fully saturated rings. The molecule has 1 aliphatic rings. The standard InChI is InChI=1S/C12H13Cl2NO4/c1-2-18-12-8(14)6-11(12)19-10-4-3-7(13)5-9(10)15(16)17/h3-5,8,11-12H,2,6H2,1H3. The van der Waals surface area contributed by atoms with Crippen LogP contribution in [0.1, 0.15) is 13.3 Å². The number of hydrogen-bond acceptors (Lipinski definition) is 4. The normalized spacial score (nSPS) is 25.7. The number of hydrogen-bond donors (Lipinski definition) is 0. The maximum absolute atomic E-state index is 10.9. The van der Waals surface area contributed by atoms with Crippen LogP contribution in [0, 0.1) is 10.1 Å². The summed E-state index contributed by atoms with van der Waals surface area (Å²) in [6.07, 6.45) is 0.107. The Morgan fingerprint density at radius 2 is 2.26 bits per heavy atom. The van der Waals surface area contributed by atoms with Crippen LogP contribution >= 0.6 is 23.2 Å². The van der Waals surface area contributed by atoms with Gasteiger partial charge in [0.1, 0.15) is 12.2 Å². The third-order valence-corrected chi connectivity index (χ3v) is 3.60. The van der Waals surface area contributed by atoms with Crippen molar-refractivity contribution < 1.29 is 14.4 Å². The molecule has 0 aromatic heterocycles. The smallest absolute Gasteiger partial charge is 0.312 e. The molecule has 3 atom stereocenters. The summed E-state index contributed by atoms with van der Waals surface area (Å²) in [4.78, 5) is 10.4. The Balaban J connectivity index is 2.13. The lowest BCUT2D eigenvalue weighted by Gasteiger charge is -2.40. The summed E-state index contributed by atoms with van der Waals surface area (Å²) in [5.74, 6) is 0.188. The van der Waals surface area contributed by atoms with E-state index in [-0.39, 0.29) is 29.0 Å². The van der Waals surface area contributed by atoms with Crippen molar-refractivity contribution in [2.75, 3.05) is 6.61 Å². The Labute approximate surface area is 120 Å². The largest absolute Gasteiger partial charge is 0.481 e. The molecule has 0 amide bonds. The lowest BCUT2D eigenvalue weighted by molar-refractivity contribution is -0.386. The zero-order valence-electron chi connectivity index (χ0n) is 10.2. The van der Waals surface area contributed by atoms with E-state index in [4.69, 9.17) is 32.7 Å². The van der Waals surface area contributed by atoms with Crippen molar-refractivity contribution in [3.8, 4) is 5.75 Å². The molecule has 1 aromatic rings. The predicted molar refractivity (Wildman–Crippen MR) is 72.2 cm³/mol. The van der Waals surface area contributed by atoms with E-state index in [0.717, 1.165) is 0 Å². The quantitative estimate of drug-likeness (QED) is 0.475. The number of nitro groups is 1. The zero-order chi connectivity index (χ0) is 14.0. The SMILES string of the molecule is CCOC1C(Cl)CC1Oc1ccc(Cl)cc1[N+](=O)[O-]. The number of benzene rings is 1. The van der Waals surface area contributed by atoms with Crippen LogP contribution in [0.2, 0.25) is 5.02 Å². The molecule has 1 aliphatic carbocycles. The monoisotopic (exact) mass is 305 g/mol. The molecule has 0 heterocycles. The highest BCUT2D eigenvalue weighted by atomic mass is 35.5. The van der Waals surface area contributed by atoms with Crippen LogP contribution in [-0.4, -0.2) is 29.1 Å². The molecule has 1 aromatic carbocycles. The van der Waals surface area contributed by atoms with Gasteiger partial charge in [-0.3, -0.25) is 10.1 Å². The summed E-state index contributed by atoms with van der Waals surface area (Å²) in [5.41, 5.74) is -0.152. The molecular weight excluding hydrogens is 293 g/mol. The molecular formula is C12H13Cl2NO4. The van der Waals surface area contributed by atoms with Crippen LogP contribution in [0.15, 0.2) is 18.2 Å². The number of halogens is 2. The number of nitro benzene ring substituents is 1. The molecule has 0 N–H and O–H groups in total. The minimum absolute atomic E-state index is 0.115. The number of rotatable bonds is 5. The molecule has 0 radical (unpaired) electrons. The van der Waals surface area contributed by atoms with Crippen LogP contribution in [-0.2, 0) is 4.74 Å². The highest BCUT2D eigenvalue weighted by molar-refractivity contribution is 6.30.